The highest BCUT2D eigenvalue weighted by molar-refractivity contribution is 6.07. The highest BCUT2D eigenvalue weighted by Crippen LogP contribution is 2.23. The summed E-state index contributed by atoms with van der Waals surface area (Å²) >= 11 is 0. The van der Waals surface area contributed by atoms with Gasteiger partial charge in [-0.05, 0) is 45.3 Å². The van der Waals surface area contributed by atoms with E-state index in [1.54, 1.807) is 18.3 Å². The van der Waals surface area contributed by atoms with E-state index in [0.717, 1.165) is 19.5 Å². The third-order valence-electron chi connectivity index (χ3n) is 3.89. The first-order valence-corrected chi connectivity index (χ1v) is 8.59. The van der Waals surface area contributed by atoms with Crippen LogP contribution >= 0.6 is 0 Å². The molecule has 2 aromatic heterocycles. The van der Waals surface area contributed by atoms with E-state index in [1.165, 1.54) is 24.5 Å². The van der Waals surface area contributed by atoms with E-state index in [4.69, 9.17) is 0 Å². The fraction of sp³-hybridized carbons (Fsp3) is 0.263. The molecular weight excluding hydrogens is 347 g/mol. The maximum atomic E-state index is 13.8. The molecule has 0 atom stereocenters. The maximum absolute atomic E-state index is 13.8. The number of pyridine rings is 1. The van der Waals surface area contributed by atoms with Gasteiger partial charge in [0.2, 0.25) is 0 Å². The van der Waals surface area contributed by atoms with Crippen molar-refractivity contribution in [2.75, 3.05) is 37.8 Å². The van der Waals surface area contributed by atoms with Crippen LogP contribution in [0, 0.1) is 5.82 Å². The Morgan fingerprint density at radius 2 is 2.04 bits per heavy atom. The summed E-state index contributed by atoms with van der Waals surface area (Å²) in [6.07, 6.45) is 5.45. The van der Waals surface area contributed by atoms with E-state index in [9.17, 15) is 9.18 Å². The first-order chi connectivity index (χ1) is 13.0. The van der Waals surface area contributed by atoms with Crippen LogP contribution in [-0.4, -0.2) is 52.9 Å². The molecule has 0 aliphatic carbocycles. The van der Waals surface area contributed by atoms with Gasteiger partial charge < -0.3 is 15.5 Å². The number of hydrogen-bond acceptors (Lipinski definition) is 6. The zero-order valence-corrected chi connectivity index (χ0v) is 15.2. The van der Waals surface area contributed by atoms with Crippen molar-refractivity contribution in [1.29, 1.82) is 0 Å². The van der Waals surface area contributed by atoms with Gasteiger partial charge in [-0.2, -0.15) is 0 Å². The first kappa shape index (κ1) is 18.7. The SMILES string of the molecule is CN(C)CCCNc1cnc(C(=O)Nc2cc(F)cc3cccnc23)cn1. The topological polar surface area (TPSA) is 83.0 Å². The third kappa shape index (κ3) is 4.95. The monoisotopic (exact) mass is 368 g/mol. The molecule has 7 nitrogen and oxygen atoms in total. The number of benzene rings is 1. The van der Waals surface area contributed by atoms with Crippen molar-refractivity contribution in [2.24, 2.45) is 0 Å². The van der Waals surface area contributed by atoms with Crippen LogP contribution in [-0.2, 0) is 0 Å². The van der Waals surface area contributed by atoms with Gasteiger partial charge in [0.05, 0.1) is 23.6 Å². The number of nitrogens with one attached hydrogen (secondary N) is 2. The summed E-state index contributed by atoms with van der Waals surface area (Å²) in [5.74, 6) is -0.323. The Morgan fingerprint density at radius 1 is 1.19 bits per heavy atom. The fourth-order valence-electron chi connectivity index (χ4n) is 2.59. The number of nitrogens with zero attached hydrogens (tertiary/aromatic N) is 4. The van der Waals surface area contributed by atoms with E-state index in [2.05, 4.69) is 30.5 Å². The fourth-order valence-corrected chi connectivity index (χ4v) is 2.59. The van der Waals surface area contributed by atoms with Crippen molar-refractivity contribution in [3.63, 3.8) is 0 Å². The number of aromatic nitrogens is 3. The molecule has 0 saturated heterocycles. The minimum atomic E-state index is -0.473. The Bertz CT molecular complexity index is 929. The van der Waals surface area contributed by atoms with Crippen molar-refractivity contribution >= 4 is 28.3 Å². The Labute approximate surface area is 156 Å². The Morgan fingerprint density at radius 3 is 2.78 bits per heavy atom. The molecule has 1 amide bonds. The van der Waals surface area contributed by atoms with Crippen molar-refractivity contribution in [3.8, 4) is 0 Å². The molecule has 0 fully saturated rings. The van der Waals surface area contributed by atoms with E-state index in [1.807, 2.05) is 14.1 Å². The Balaban J connectivity index is 1.67. The summed E-state index contributed by atoms with van der Waals surface area (Å²) in [6, 6.07) is 6.05. The van der Waals surface area contributed by atoms with Gasteiger partial charge in [-0.25, -0.2) is 14.4 Å². The molecule has 0 unspecified atom stereocenters. The second kappa shape index (κ2) is 8.50. The van der Waals surface area contributed by atoms with Crippen LogP contribution in [0.15, 0.2) is 42.9 Å². The molecule has 3 rings (SSSR count). The zero-order chi connectivity index (χ0) is 19.2. The van der Waals surface area contributed by atoms with Crippen molar-refractivity contribution in [2.45, 2.75) is 6.42 Å². The van der Waals surface area contributed by atoms with E-state index in [0.29, 0.717) is 22.4 Å². The lowest BCUT2D eigenvalue weighted by Gasteiger charge is -2.10. The molecule has 0 aliphatic rings. The van der Waals surface area contributed by atoms with Gasteiger partial charge in [-0.3, -0.25) is 9.78 Å². The van der Waals surface area contributed by atoms with Crippen molar-refractivity contribution in [3.05, 3.63) is 54.4 Å². The summed E-state index contributed by atoms with van der Waals surface area (Å²) in [7, 11) is 4.04. The third-order valence-corrected chi connectivity index (χ3v) is 3.89. The largest absolute Gasteiger partial charge is 0.369 e. The number of amides is 1. The predicted molar refractivity (Wildman–Crippen MR) is 103 cm³/mol. The molecule has 0 spiro atoms. The van der Waals surface area contributed by atoms with Crippen LogP contribution in [0.2, 0.25) is 0 Å². The highest BCUT2D eigenvalue weighted by Gasteiger charge is 2.12. The number of hydrogen-bond donors (Lipinski definition) is 2. The minimum absolute atomic E-state index is 0.141. The number of fused-ring (bicyclic) bond motifs is 1. The average Bonchev–Trinajstić information content (AvgIpc) is 2.65. The molecule has 2 heterocycles. The van der Waals surface area contributed by atoms with Gasteiger partial charge in [-0.1, -0.05) is 6.07 Å². The molecule has 27 heavy (non-hydrogen) atoms. The standard InChI is InChI=1S/C19H21FN6O/c1-26(2)8-4-7-21-17-12-23-16(11-24-17)19(27)25-15-10-14(20)9-13-5-3-6-22-18(13)15/h3,5-6,9-12H,4,7-8H2,1-2H3,(H,21,24)(H,25,27). The predicted octanol–water partition coefficient (Wildman–Crippen LogP) is 2.78. The van der Waals surface area contributed by atoms with Gasteiger partial charge in [-0.15, -0.1) is 0 Å². The molecule has 8 heteroatoms. The zero-order valence-electron chi connectivity index (χ0n) is 15.2. The van der Waals surface area contributed by atoms with Crippen molar-refractivity contribution in [1.82, 2.24) is 19.9 Å². The number of carbonyl (C=O) groups excluding carboxylic acids is 1. The van der Waals surface area contributed by atoms with Gasteiger partial charge >= 0.3 is 0 Å². The lowest BCUT2D eigenvalue weighted by Crippen LogP contribution is -2.17. The molecule has 0 saturated carbocycles. The summed E-state index contributed by atoms with van der Waals surface area (Å²) in [4.78, 5) is 27.1. The van der Waals surface area contributed by atoms with Crippen molar-refractivity contribution < 1.29 is 9.18 Å². The minimum Gasteiger partial charge on any atom is -0.369 e. The highest BCUT2D eigenvalue weighted by atomic mass is 19.1. The van der Waals surface area contributed by atoms with E-state index >= 15 is 0 Å². The molecular formula is C19H21FN6O. The summed E-state index contributed by atoms with van der Waals surface area (Å²) in [6.45, 7) is 1.73. The quantitative estimate of drug-likeness (QED) is 0.624. The normalized spacial score (nSPS) is 11.0. The smallest absolute Gasteiger partial charge is 0.275 e. The molecule has 0 bridgehead atoms. The molecule has 0 aliphatic heterocycles. The Kier molecular flexibility index (Phi) is 5.87. The number of rotatable bonds is 7. The van der Waals surface area contributed by atoms with Crippen LogP contribution in [0.5, 0.6) is 0 Å². The summed E-state index contributed by atoms with van der Waals surface area (Å²) in [5.41, 5.74) is 0.949. The Hall–Kier alpha value is -3.13. The summed E-state index contributed by atoms with van der Waals surface area (Å²) < 4.78 is 13.8. The van der Waals surface area contributed by atoms with Crippen LogP contribution in [0.1, 0.15) is 16.9 Å². The summed E-state index contributed by atoms with van der Waals surface area (Å²) in [5, 5.41) is 6.42. The second-order valence-electron chi connectivity index (χ2n) is 6.35. The van der Waals surface area contributed by atoms with Crippen LogP contribution in [0.25, 0.3) is 10.9 Å². The van der Waals surface area contributed by atoms with Crippen LogP contribution in [0.3, 0.4) is 0 Å². The van der Waals surface area contributed by atoms with Gasteiger partial charge in [0.25, 0.3) is 5.91 Å². The van der Waals surface area contributed by atoms with E-state index in [-0.39, 0.29) is 5.69 Å². The van der Waals surface area contributed by atoms with Gasteiger partial charge in [0, 0.05) is 18.1 Å². The van der Waals surface area contributed by atoms with E-state index < -0.39 is 11.7 Å². The molecule has 140 valence electrons. The average molecular weight is 368 g/mol. The lowest BCUT2D eigenvalue weighted by molar-refractivity contribution is 0.102. The second-order valence-corrected chi connectivity index (χ2v) is 6.35. The molecule has 1 aromatic carbocycles. The molecule has 3 aromatic rings. The van der Waals surface area contributed by atoms with Gasteiger partial charge in [0.1, 0.15) is 17.3 Å². The molecule has 0 radical (unpaired) electrons. The van der Waals surface area contributed by atoms with Gasteiger partial charge in [0.15, 0.2) is 0 Å². The molecule has 2 N–H and O–H groups in total. The lowest BCUT2D eigenvalue weighted by atomic mass is 10.2. The number of halogens is 1. The maximum Gasteiger partial charge on any atom is 0.275 e. The number of anilines is 2. The van der Waals surface area contributed by atoms with Crippen LogP contribution in [0.4, 0.5) is 15.9 Å². The van der Waals surface area contributed by atoms with Crippen LogP contribution < -0.4 is 10.6 Å². The number of carbonyl (C=O) groups is 1. The first-order valence-electron chi connectivity index (χ1n) is 8.59.